The summed E-state index contributed by atoms with van der Waals surface area (Å²) >= 11 is 0. The fourth-order valence-electron chi connectivity index (χ4n) is 2.86. The lowest BCUT2D eigenvalue weighted by molar-refractivity contribution is 0.323. The van der Waals surface area contributed by atoms with Crippen LogP contribution in [0.25, 0.3) is 0 Å². The minimum Gasteiger partial charge on any atom is -0.478 e. The van der Waals surface area contributed by atoms with Crippen molar-refractivity contribution >= 4 is 5.82 Å². The molecule has 21 heavy (non-hydrogen) atoms. The second kappa shape index (κ2) is 7.59. The molecule has 1 fully saturated rings. The lowest BCUT2D eigenvalue weighted by Gasteiger charge is -2.38. The Hall–Kier alpha value is -1.36. The number of nitrogens with one attached hydrogen (secondary N) is 1. The van der Waals surface area contributed by atoms with Crippen LogP contribution in [0.2, 0.25) is 0 Å². The summed E-state index contributed by atoms with van der Waals surface area (Å²) in [6.07, 6.45) is 5.36. The van der Waals surface area contributed by atoms with E-state index < -0.39 is 0 Å². The molecule has 0 radical (unpaired) electrons. The van der Waals surface area contributed by atoms with Gasteiger partial charge in [-0.3, -0.25) is 0 Å². The smallest absolute Gasteiger partial charge is 0.221 e. The van der Waals surface area contributed by atoms with Gasteiger partial charge in [-0.05, 0) is 33.1 Å². The molecule has 5 heteroatoms. The Morgan fingerprint density at radius 1 is 1.38 bits per heavy atom. The lowest BCUT2D eigenvalue weighted by Crippen LogP contribution is -2.47. The largest absolute Gasteiger partial charge is 0.478 e. The molecule has 1 aliphatic heterocycles. The molecular weight excluding hydrogens is 264 g/mol. The molecule has 1 aliphatic rings. The van der Waals surface area contributed by atoms with Gasteiger partial charge in [0.2, 0.25) is 5.88 Å². The Bertz CT molecular complexity index is 450. The molecule has 2 rings (SSSR count). The molecule has 1 atom stereocenters. The fraction of sp³-hybridized carbons (Fsp3) is 0.750. The molecule has 0 aromatic carbocycles. The van der Waals surface area contributed by atoms with Gasteiger partial charge >= 0.3 is 0 Å². The summed E-state index contributed by atoms with van der Waals surface area (Å²) in [6, 6.07) is 1.02. The Morgan fingerprint density at radius 3 is 2.90 bits per heavy atom. The third-order valence-corrected chi connectivity index (χ3v) is 3.95. The van der Waals surface area contributed by atoms with Gasteiger partial charge in [-0.15, -0.1) is 0 Å². The summed E-state index contributed by atoms with van der Waals surface area (Å²) in [4.78, 5) is 11.2. The molecule has 1 saturated heterocycles. The monoisotopic (exact) mass is 292 g/mol. The fourth-order valence-corrected chi connectivity index (χ4v) is 2.86. The van der Waals surface area contributed by atoms with E-state index in [0.717, 1.165) is 24.5 Å². The lowest BCUT2D eigenvalue weighted by atomic mass is 10.0. The van der Waals surface area contributed by atoms with E-state index in [9.17, 15) is 0 Å². The summed E-state index contributed by atoms with van der Waals surface area (Å²) in [5.74, 6) is 1.74. The van der Waals surface area contributed by atoms with Crippen molar-refractivity contribution in [2.75, 3.05) is 24.6 Å². The van der Waals surface area contributed by atoms with Gasteiger partial charge in [0.15, 0.2) is 0 Å². The highest BCUT2D eigenvalue weighted by Crippen LogP contribution is 2.29. The number of hydrogen-bond donors (Lipinski definition) is 1. The van der Waals surface area contributed by atoms with E-state index in [1.807, 2.05) is 6.92 Å². The highest BCUT2D eigenvalue weighted by molar-refractivity contribution is 5.51. The standard InChI is InChI=1S/C16H28N4O/c1-5-21-16-13(4)15(18-11-19-16)20-9-7-6-8-14(20)10-17-12(2)3/h11-12,14,17H,5-10H2,1-4H3. The van der Waals surface area contributed by atoms with E-state index in [4.69, 9.17) is 4.74 Å². The van der Waals surface area contributed by atoms with Gasteiger partial charge in [-0.25, -0.2) is 9.97 Å². The third kappa shape index (κ3) is 4.06. The highest BCUT2D eigenvalue weighted by atomic mass is 16.5. The number of anilines is 1. The molecule has 1 N–H and O–H groups in total. The van der Waals surface area contributed by atoms with Gasteiger partial charge < -0.3 is 15.0 Å². The van der Waals surface area contributed by atoms with E-state index in [1.54, 1.807) is 6.33 Å². The zero-order valence-corrected chi connectivity index (χ0v) is 13.7. The van der Waals surface area contributed by atoms with Crippen molar-refractivity contribution in [2.24, 2.45) is 0 Å². The highest BCUT2D eigenvalue weighted by Gasteiger charge is 2.26. The first-order valence-electron chi connectivity index (χ1n) is 8.07. The normalized spacial score (nSPS) is 19.1. The summed E-state index contributed by atoms with van der Waals surface area (Å²) < 4.78 is 5.61. The van der Waals surface area contributed by atoms with Crippen LogP contribution >= 0.6 is 0 Å². The Balaban J connectivity index is 2.18. The van der Waals surface area contributed by atoms with Gasteiger partial charge in [0.05, 0.1) is 12.2 Å². The maximum atomic E-state index is 5.61. The maximum absolute atomic E-state index is 5.61. The second-order valence-electron chi connectivity index (χ2n) is 5.97. The molecule has 1 unspecified atom stereocenters. The van der Waals surface area contributed by atoms with Crippen molar-refractivity contribution in [3.63, 3.8) is 0 Å². The van der Waals surface area contributed by atoms with Gasteiger partial charge in [0, 0.05) is 25.2 Å². The van der Waals surface area contributed by atoms with E-state index in [0.29, 0.717) is 24.6 Å². The molecule has 2 heterocycles. The van der Waals surface area contributed by atoms with Crippen LogP contribution in [0, 0.1) is 6.92 Å². The van der Waals surface area contributed by atoms with E-state index in [-0.39, 0.29) is 0 Å². The van der Waals surface area contributed by atoms with Crippen LogP contribution in [0.15, 0.2) is 6.33 Å². The summed E-state index contributed by atoms with van der Waals surface area (Å²) in [5.41, 5.74) is 1.05. The van der Waals surface area contributed by atoms with E-state index in [1.165, 1.54) is 19.3 Å². The number of nitrogens with zero attached hydrogens (tertiary/aromatic N) is 3. The molecule has 0 amide bonds. The van der Waals surface area contributed by atoms with Crippen molar-refractivity contribution < 1.29 is 4.74 Å². The first-order valence-corrected chi connectivity index (χ1v) is 8.07. The van der Waals surface area contributed by atoms with Crippen molar-refractivity contribution in [1.29, 1.82) is 0 Å². The maximum Gasteiger partial charge on any atom is 0.221 e. The Kier molecular flexibility index (Phi) is 5.79. The van der Waals surface area contributed by atoms with Crippen LogP contribution < -0.4 is 15.0 Å². The van der Waals surface area contributed by atoms with E-state index >= 15 is 0 Å². The molecule has 0 saturated carbocycles. The number of piperidine rings is 1. The van der Waals surface area contributed by atoms with Gasteiger partial charge in [-0.2, -0.15) is 0 Å². The number of ether oxygens (including phenoxy) is 1. The predicted octanol–water partition coefficient (Wildman–Crippen LogP) is 2.54. The number of rotatable bonds is 6. The number of aromatic nitrogens is 2. The van der Waals surface area contributed by atoms with Gasteiger partial charge in [0.1, 0.15) is 12.1 Å². The van der Waals surface area contributed by atoms with Crippen LogP contribution in [0.4, 0.5) is 5.82 Å². The minimum absolute atomic E-state index is 0.504. The second-order valence-corrected chi connectivity index (χ2v) is 5.97. The molecule has 5 nitrogen and oxygen atoms in total. The average molecular weight is 292 g/mol. The Labute approximate surface area is 128 Å². The van der Waals surface area contributed by atoms with Crippen LogP contribution in [0.5, 0.6) is 5.88 Å². The molecule has 0 spiro atoms. The zero-order valence-electron chi connectivity index (χ0n) is 13.7. The van der Waals surface area contributed by atoms with Crippen LogP contribution in [-0.4, -0.2) is 41.7 Å². The van der Waals surface area contributed by atoms with Gasteiger partial charge in [-0.1, -0.05) is 13.8 Å². The SMILES string of the molecule is CCOc1ncnc(N2CCCCC2CNC(C)C)c1C. The summed E-state index contributed by atoms with van der Waals surface area (Å²) in [5, 5.41) is 3.56. The van der Waals surface area contributed by atoms with Crippen molar-refractivity contribution in [1.82, 2.24) is 15.3 Å². The molecule has 0 aliphatic carbocycles. The van der Waals surface area contributed by atoms with Crippen molar-refractivity contribution in [2.45, 2.75) is 59.0 Å². The molecule has 1 aromatic rings. The Morgan fingerprint density at radius 2 is 2.19 bits per heavy atom. The van der Waals surface area contributed by atoms with Crippen LogP contribution in [0.3, 0.4) is 0 Å². The minimum atomic E-state index is 0.504. The summed E-state index contributed by atoms with van der Waals surface area (Å²) in [7, 11) is 0. The topological polar surface area (TPSA) is 50.3 Å². The predicted molar refractivity (Wildman–Crippen MR) is 86.1 cm³/mol. The van der Waals surface area contributed by atoms with Crippen molar-refractivity contribution in [3.05, 3.63) is 11.9 Å². The quantitative estimate of drug-likeness (QED) is 0.873. The summed E-state index contributed by atoms with van der Waals surface area (Å²) in [6.45, 7) is 11.1. The molecule has 0 bridgehead atoms. The molecule has 118 valence electrons. The molecular formula is C16H28N4O. The molecule has 1 aromatic heterocycles. The van der Waals surface area contributed by atoms with Gasteiger partial charge in [0.25, 0.3) is 0 Å². The number of hydrogen-bond acceptors (Lipinski definition) is 5. The van der Waals surface area contributed by atoms with Crippen molar-refractivity contribution in [3.8, 4) is 5.88 Å². The van der Waals surface area contributed by atoms with Crippen LogP contribution in [-0.2, 0) is 0 Å². The first-order chi connectivity index (χ1) is 10.1. The van der Waals surface area contributed by atoms with E-state index in [2.05, 4.69) is 41.0 Å². The third-order valence-electron chi connectivity index (χ3n) is 3.95. The average Bonchev–Trinajstić information content (AvgIpc) is 2.48. The van der Waals surface area contributed by atoms with Crippen LogP contribution in [0.1, 0.15) is 45.6 Å². The first kappa shape index (κ1) is 16.0. The zero-order chi connectivity index (χ0) is 15.2.